The minimum atomic E-state index is -0.320. The minimum absolute atomic E-state index is 0.188. The number of amides is 1. The van der Waals surface area contributed by atoms with Gasteiger partial charge < -0.3 is 9.88 Å². The lowest BCUT2D eigenvalue weighted by molar-refractivity contribution is -0.113. The Morgan fingerprint density at radius 2 is 2.03 bits per heavy atom. The zero-order valence-corrected chi connectivity index (χ0v) is 17.3. The van der Waals surface area contributed by atoms with E-state index in [2.05, 4.69) is 32.6 Å². The van der Waals surface area contributed by atoms with Crippen molar-refractivity contribution < 1.29 is 9.18 Å². The Bertz CT molecular complexity index is 1140. The number of halogens is 1. The first-order chi connectivity index (χ1) is 14.1. The lowest BCUT2D eigenvalue weighted by atomic mass is 10.1. The van der Waals surface area contributed by atoms with E-state index in [4.69, 9.17) is 0 Å². The number of benzene rings is 2. The summed E-state index contributed by atoms with van der Waals surface area (Å²) in [4.78, 5) is 16.6. The molecule has 0 unspecified atom stereocenters. The summed E-state index contributed by atoms with van der Waals surface area (Å²) in [5.74, 6) is 0.549. The molecular weight excluding hydrogens is 409 g/mol. The molecule has 0 atom stereocenters. The standard InChI is InChI=1S/C20H18FN5OS2/c1-2-26-17(10-13-6-4-3-5-7-13)24-25-20(26)28-12-18(27)23-19-22-15-9-8-14(21)11-16(15)29-19/h3-9,11H,2,10,12H2,1H3,(H,22,23,27). The third-order valence-electron chi connectivity index (χ3n) is 4.24. The number of fused-ring (bicyclic) bond motifs is 1. The molecule has 2 heterocycles. The van der Waals surface area contributed by atoms with Crippen LogP contribution >= 0.6 is 23.1 Å². The number of carbonyl (C=O) groups is 1. The number of nitrogens with zero attached hydrogens (tertiary/aromatic N) is 4. The number of carbonyl (C=O) groups excluding carboxylic acids is 1. The molecule has 0 aliphatic heterocycles. The van der Waals surface area contributed by atoms with Crippen molar-refractivity contribution in [3.8, 4) is 0 Å². The van der Waals surface area contributed by atoms with Crippen LogP contribution in [-0.4, -0.2) is 31.4 Å². The van der Waals surface area contributed by atoms with Crippen LogP contribution in [0.4, 0.5) is 9.52 Å². The molecule has 4 aromatic rings. The number of thiazole rings is 1. The van der Waals surface area contributed by atoms with Gasteiger partial charge in [-0.25, -0.2) is 9.37 Å². The Hall–Kier alpha value is -2.78. The second kappa shape index (κ2) is 8.71. The Kier molecular flexibility index (Phi) is 5.86. The third-order valence-corrected chi connectivity index (χ3v) is 6.14. The zero-order chi connectivity index (χ0) is 20.2. The lowest BCUT2D eigenvalue weighted by Crippen LogP contribution is -2.14. The summed E-state index contributed by atoms with van der Waals surface area (Å²) < 4.78 is 16.0. The van der Waals surface area contributed by atoms with Gasteiger partial charge in [-0.1, -0.05) is 53.4 Å². The van der Waals surface area contributed by atoms with E-state index in [1.165, 1.54) is 35.2 Å². The van der Waals surface area contributed by atoms with Gasteiger partial charge in [0.25, 0.3) is 0 Å². The van der Waals surface area contributed by atoms with E-state index in [0.29, 0.717) is 26.9 Å². The van der Waals surface area contributed by atoms with Crippen LogP contribution in [0.2, 0.25) is 0 Å². The second-order valence-corrected chi connectivity index (χ2v) is 8.25. The summed E-state index contributed by atoms with van der Waals surface area (Å²) in [5.41, 5.74) is 1.83. The largest absolute Gasteiger partial charge is 0.306 e. The Morgan fingerprint density at radius 3 is 2.83 bits per heavy atom. The maximum atomic E-state index is 13.3. The molecule has 0 aliphatic carbocycles. The molecule has 0 bridgehead atoms. The molecule has 4 rings (SSSR count). The number of anilines is 1. The molecule has 0 saturated carbocycles. The number of thioether (sulfide) groups is 1. The van der Waals surface area contributed by atoms with Crippen LogP contribution in [0, 0.1) is 5.82 Å². The van der Waals surface area contributed by atoms with Crippen molar-refractivity contribution in [3.05, 3.63) is 65.7 Å². The van der Waals surface area contributed by atoms with E-state index >= 15 is 0 Å². The van der Waals surface area contributed by atoms with Crippen LogP contribution in [0.25, 0.3) is 10.2 Å². The van der Waals surface area contributed by atoms with Gasteiger partial charge in [-0.05, 0) is 30.7 Å². The first-order valence-corrected chi connectivity index (χ1v) is 10.9. The fraction of sp³-hybridized carbons (Fsp3) is 0.200. The molecule has 2 aromatic carbocycles. The van der Waals surface area contributed by atoms with Gasteiger partial charge in [0.2, 0.25) is 5.91 Å². The summed E-state index contributed by atoms with van der Waals surface area (Å²) in [5, 5.41) is 12.5. The van der Waals surface area contributed by atoms with Gasteiger partial charge in [-0.15, -0.1) is 10.2 Å². The lowest BCUT2D eigenvalue weighted by Gasteiger charge is -2.07. The first kappa shape index (κ1) is 19.5. The number of nitrogens with one attached hydrogen (secondary N) is 1. The van der Waals surface area contributed by atoms with Gasteiger partial charge in [0.1, 0.15) is 11.6 Å². The minimum Gasteiger partial charge on any atom is -0.306 e. The van der Waals surface area contributed by atoms with E-state index in [-0.39, 0.29) is 17.5 Å². The monoisotopic (exact) mass is 427 g/mol. The number of hydrogen-bond donors (Lipinski definition) is 1. The molecule has 148 valence electrons. The number of rotatable bonds is 7. The predicted molar refractivity (Wildman–Crippen MR) is 114 cm³/mol. The van der Waals surface area contributed by atoms with Crippen LogP contribution in [0.5, 0.6) is 0 Å². The molecule has 0 aliphatic rings. The maximum Gasteiger partial charge on any atom is 0.236 e. The van der Waals surface area contributed by atoms with Gasteiger partial charge in [0.15, 0.2) is 10.3 Å². The van der Waals surface area contributed by atoms with E-state index in [0.717, 1.165) is 17.9 Å². The van der Waals surface area contributed by atoms with Crippen molar-refractivity contribution in [2.75, 3.05) is 11.1 Å². The summed E-state index contributed by atoms with van der Waals surface area (Å²) >= 11 is 2.58. The second-order valence-electron chi connectivity index (χ2n) is 6.27. The highest BCUT2D eigenvalue weighted by molar-refractivity contribution is 7.99. The molecule has 1 amide bonds. The van der Waals surface area contributed by atoms with Crippen molar-refractivity contribution in [2.45, 2.75) is 25.0 Å². The molecule has 0 spiro atoms. The SMILES string of the molecule is CCn1c(Cc2ccccc2)nnc1SCC(=O)Nc1nc2ccc(F)cc2s1. The summed E-state index contributed by atoms with van der Waals surface area (Å²) in [6, 6.07) is 14.5. The van der Waals surface area contributed by atoms with Crippen LogP contribution in [-0.2, 0) is 17.8 Å². The van der Waals surface area contributed by atoms with Gasteiger partial charge in [-0.3, -0.25) is 4.79 Å². The molecule has 9 heteroatoms. The Labute approximate surface area is 175 Å². The van der Waals surface area contributed by atoms with Crippen LogP contribution < -0.4 is 5.32 Å². The maximum absolute atomic E-state index is 13.3. The van der Waals surface area contributed by atoms with E-state index in [9.17, 15) is 9.18 Å². The highest BCUT2D eigenvalue weighted by Crippen LogP contribution is 2.27. The normalized spacial score (nSPS) is 11.1. The van der Waals surface area contributed by atoms with Gasteiger partial charge >= 0.3 is 0 Å². The smallest absolute Gasteiger partial charge is 0.236 e. The van der Waals surface area contributed by atoms with E-state index in [1.54, 1.807) is 6.07 Å². The van der Waals surface area contributed by atoms with Crippen molar-refractivity contribution in [2.24, 2.45) is 0 Å². The van der Waals surface area contributed by atoms with Crippen molar-refractivity contribution >= 4 is 44.4 Å². The van der Waals surface area contributed by atoms with Crippen molar-refractivity contribution in [1.29, 1.82) is 0 Å². The fourth-order valence-electron chi connectivity index (χ4n) is 2.89. The quantitative estimate of drug-likeness (QED) is 0.444. The number of hydrogen-bond acceptors (Lipinski definition) is 6. The summed E-state index contributed by atoms with van der Waals surface area (Å²) in [7, 11) is 0. The molecule has 2 aromatic heterocycles. The molecule has 1 N–H and O–H groups in total. The van der Waals surface area contributed by atoms with Crippen molar-refractivity contribution in [3.63, 3.8) is 0 Å². The highest BCUT2D eigenvalue weighted by Gasteiger charge is 2.14. The van der Waals surface area contributed by atoms with E-state index < -0.39 is 0 Å². The summed E-state index contributed by atoms with van der Waals surface area (Å²) in [6.45, 7) is 2.75. The van der Waals surface area contributed by atoms with Gasteiger partial charge in [-0.2, -0.15) is 0 Å². The topological polar surface area (TPSA) is 72.7 Å². The highest BCUT2D eigenvalue weighted by atomic mass is 32.2. The molecule has 6 nitrogen and oxygen atoms in total. The van der Waals surface area contributed by atoms with E-state index in [1.807, 2.05) is 29.7 Å². The molecule has 0 saturated heterocycles. The zero-order valence-electron chi connectivity index (χ0n) is 15.6. The fourth-order valence-corrected chi connectivity index (χ4v) is 4.62. The molecule has 0 fully saturated rings. The van der Waals surface area contributed by atoms with Crippen molar-refractivity contribution in [1.82, 2.24) is 19.7 Å². The van der Waals surface area contributed by atoms with Crippen LogP contribution in [0.1, 0.15) is 18.3 Å². The van der Waals surface area contributed by atoms with Crippen LogP contribution in [0.15, 0.2) is 53.7 Å². The Morgan fingerprint density at radius 1 is 1.21 bits per heavy atom. The Balaban J connectivity index is 1.39. The number of aromatic nitrogens is 4. The average Bonchev–Trinajstić information content (AvgIpc) is 3.29. The average molecular weight is 428 g/mol. The third kappa shape index (κ3) is 4.63. The molecular formula is C20H18FN5OS2. The molecule has 29 heavy (non-hydrogen) atoms. The van der Waals surface area contributed by atoms with Gasteiger partial charge in [0, 0.05) is 13.0 Å². The molecule has 0 radical (unpaired) electrons. The first-order valence-electron chi connectivity index (χ1n) is 9.07. The predicted octanol–water partition coefficient (Wildman–Crippen LogP) is 4.37. The van der Waals surface area contributed by atoms with Gasteiger partial charge in [0.05, 0.1) is 16.0 Å². The van der Waals surface area contributed by atoms with Crippen LogP contribution in [0.3, 0.4) is 0 Å². The summed E-state index contributed by atoms with van der Waals surface area (Å²) in [6.07, 6.45) is 0.691.